The van der Waals surface area contributed by atoms with Crippen LogP contribution >= 0.6 is 11.8 Å². The number of hydrogen-bond donors (Lipinski definition) is 2. The predicted molar refractivity (Wildman–Crippen MR) is 77.4 cm³/mol. The van der Waals surface area contributed by atoms with Crippen molar-refractivity contribution in [2.75, 3.05) is 12.0 Å². The van der Waals surface area contributed by atoms with E-state index in [4.69, 9.17) is 5.11 Å². The molecule has 1 aromatic rings. The van der Waals surface area contributed by atoms with Crippen molar-refractivity contribution < 1.29 is 18.3 Å². The molecule has 0 aliphatic carbocycles. The van der Waals surface area contributed by atoms with E-state index in [1.165, 1.54) is 0 Å². The van der Waals surface area contributed by atoms with Crippen molar-refractivity contribution in [3.63, 3.8) is 0 Å². The summed E-state index contributed by atoms with van der Waals surface area (Å²) in [4.78, 5) is 14.8. The summed E-state index contributed by atoms with van der Waals surface area (Å²) in [7, 11) is -3.32. The highest BCUT2D eigenvalue weighted by Crippen LogP contribution is 2.21. The fourth-order valence-corrected chi connectivity index (χ4v) is 3.61. The Bertz CT molecular complexity index is 593. The fourth-order valence-electron chi connectivity index (χ4n) is 1.80. The highest BCUT2D eigenvalue weighted by Gasteiger charge is 2.25. The van der Waals surface area contributed by atoms with Crippen molar-refractivity contribution >= 4 is 27.8 Å². The van der Waals surface area contributed by atoms with E-state index in [-0.39, 0.29) is 5.75 Å². The third kappa shape index (κ3) is 5.51. The van der Waals surface area contributed by atoms with Crippen LogP contribution in [0.1, 0.15) is 19.5 Å². The normalized spacial score (nSPS) is 12.6. The topological polar surface area (TPSA) is 101 Å². The minimum Gasteiger partial charge on any atom is -0.481 e. The van der Waals surface area contributed by atoms with E-state index >= 15 is 0 Å². The first kappa shape index (κ1) is 17.0. The Balaban J connectivity index is 2.91. The second-order valence-corrected chi connectivity index (χ2v) is 7.90. The summed E-state index contributed by atoms with van der Waals surface area (Å²) in [5.74, 6) is -1.01. The number of rotatable bonds is 7. The van der Waals surface area contributed by atoms with Gasteiger partial charge < -0.3 is 9.67 Å². The number of hydrogen-bond acceptors (Lipinski definition) is 5. The van der Waals surface area contributed by atoms with Crippen LogP contribution in [0.2, 0.25) is 0 Å². The van der Waals surface area contributed by atoms with Crippen molar-refractivity contribution in [2.24, 2.45) is 0 Å². The molecule has 0 saturated heterocycles. The molecule has 0 saturated carbocycles. The molecule has 0 aliphatic rings. The fraction of sp³-hybridized carbons (Fsp3) is 0.636. The number of sulfonamides is 1. The summed E-state index contributed by atoms with van der Waals surface area (Å²) < 4.78 is 27.0. The monoisotopic (exact) mass is 321 g/mol. The van der Waals surface area contributed by atoms with Crippen LogP contribution in [0.25, 0.3) is 0 Å². The molecule has 0 aromatic carbocycles. The zero-order chi connectivity index (χ0) is 15.6. The Hall–Kier alpha value is -1.06. The first-order valence-corrected chi connectivity index (χ1v) is 8.73. The standard InChI is InChI=1S/C11H19N3O4S2/c1-8-5-12-10(19-6-9(15)16)14(8)7-11(2,3)13-20(4,17)18/h5,13H,6-7H2,1-4H3,(H,15,16). The summed E-state index contributed by atoms with van der Waals surface area (Å²) >= 11 is 1.11. The van der Waals surface area contributed by atoms with Gasteiger partial charge in [-0.25, -0.2) is 18.1 Å². The minimum atomic E-state index is -3.32. The average molecular weight is 321 g/mol. The summed E-state index contributed by atoms with van der Waals surface area (Å²) in [5, 5.41) is 9.27. The van der Waals surface area contributed by atoms with E-state index in [1.807, 2.05) is 11.5 Å². The lowest BCUT2D eigenvalue weighted by Gasteiger charge is -2.27. The van der Waals surface area contributed by atoms with Crippen molar-refractivity contribution in [3.8, 4) is 0 Å². The molecule has 0 atom stereocenters. The van der Waals surface area contributed by atoms with Gasteiger partial charge in [0.2, 0.25) is 10.0 Å². The maximum Gasteiger partial charge on any atom is 0.313 e. The SMILES string of the molecule is Cc1cnc(SCC(=O)O)n1CC(C)(C)NS(C)(=O)=O. The maximum atomic E-state index is 11.3. The minimum absolute atomic E-state index is 0.0869. The van der Waals surface area contributed by atoms with Crippen LogP contribution in [0.3, 0.4) is 0 Å². The molecule has 0 unspecified atom stereocenters. The van der Waals surface area contributed by atoms with E-state index in [9.17, 15) is 13.2 Å². The summed E-state index contributed by atoms with van der Waals surface area (Å²) in [6.07, 6.45) is 2.75. The summed E-state index contributed by atoms with van der Waals surface area (Å²) in [6.45, 7) is 5.74. The van der Waals surface area contributed by atoms with Gasteiger partial charge in [0, 0.05) is 24.0 Å². The zero-order valence-corrected chi connectivity index (χ0v) is 13.5. The second kappa shape index (κ2) is 6.15. The number of nitrogens with zero attached hydrogens (tertiary/aromatic N) is 2. The van der Waals surface area contributed by atoms with Crippen LogP contribution < -0.4 is 4.72 Å². The number of aliphatic carboxylic acids is 1. The van der Waals surface area contributed by atoms with Crippen molar-refractivity contribution in [3.05, 3.63) is 11.9 Å². The molecule has 20 heavy (non-hydrogen) atoms. The molecular formula is C11H19N3O4S2. The molecule has 9 heteroatoms. The van der Waals surface area contributed by atoms with E-state index in [1.54, 1.807) is 20.0 Å². The molecule has 0 bridgehead atoms. The van der Waals surface area contributed by atoms with E-state index < -0.39 is 21.5 Å². The first-order valence-electron chi connectivity index (χ1n) is 5.86. The molecule has 1 aromatic heterocycles. The number of aryl methyl sites for hydroxylation is 1. The third-order valence-corrected chi connectivity index (χ3v) is 4.26. The summed E-state index contributed by atoms with van der Waals surface area (Å²) in [5.41, 5.74) is 0.152. The molecule has 7 nitrogen and oxygen atoms in total. The van der Waals surface area contributed by atoms with Crippen LogP contribution in [-0.4, -0.2) is 46.6 Å². The molecule has 1 heterocycles. The number of carbonyl (C=O) groups is 1. The zero-order valence-electron chi connectivity index (χ0n) is 11.9. The lowest BCUT2D eigenvalue weighted by molar-refractivity contribution is -0.133. The molecule has 114 valence electrons. The highest BCUT2D eigenvalue weighted by molar-refractivity contribution is 7.99. The Morgan fingerprint density at radius 2 is 2.15 bits per heavy atom. The van der Waals surface area contributed by atoms with Gasteiger partial charge in [-0.1, -0.05) is 11.8 Å². The number of aromatic nitrogens is 2. The lowest BCUT2D eigenvalue weighted by atomic mass is 10.1. The van der Waals surface area contributed by atoms with Crippen LogP contribution in [0.15, 0.2) is 11.4 Å². The van der Waals surface area contributed by atoms with E-state index in [0.717, 1.165) is 23.7 Å². The molecule has 2 N–H and O–H groups in total. The maximum absolute atomic E-state index is 11.3. The number of imidazole rings is 1. The Labute approximate surface area is 122 Å². The quantitative estimate of drug-likeness (QED) is 0.717. The van der Waals surface area contributed by atoms with Gasteiger partial charge in [-0.05, 0) is 20.8 Å². The van der Waals surface area contributed by atoms with E-state index in [0.29, 0.717) is 11.7 Å². The largest absolute Gasteiger partial charge is 0.481 e. The number of carboxylic acids is 1. The van der Waals surface area contributed by atoms with Crippen molar-refractivity contribution in [1.82, 2.24) is 14.3 Å². The van der Waals surface area contributed by atoms with Crippen molar-refractivity contribution in [2.45, 2.75) is 38.0 Å². The number of carboxylic acid groups (broad SMARTS) is 1. The summed E-state index contributed by atoms with van der Waals surface area (Å²) in [6, 6.07) is 0. The second-order valence-electron chi connectivity index (χ2n) is 5.21. The smallest absolute Gasteiger partial charge is 0.313 e. The molecule has 0 spiro atoms. The molecule has 0 radical (unpaired) electrons. The van der Waals surface area contributed by atoms with Crippen LogP contribution in [0.5, 0.6) is 0 Å². The van der Waals surface area contributed by atoms with E-state index in [2.05, 4.69) is 9.71 Å². The molecule has 0 amide bonds. The lowest BCUT2D eigenvalue weighted by Crippen LogP contribution is -2.46. The van der Waals surface area contributed by atoms with Crippen LogP contribution in [0, 0.1) is 6.92 Å². The highest BCUT2D eigenvalue weighted by atomic mass is 32.2. The average Bonchev–Trinajstić information content (AvgIpc) is 2.53. The van der Waals surface area contributed by atoms with Crippen molar-refractivity contribution in [1.29, 1.82) is 0 Å². The molecule has 1 rings (SSSR count). The Kier molecular flexibility index (Phi) is 5.22. The van der Waals surface area contributed by atoms with Gasteiger partial charge in [0.05, 0.1) is 12.0 Å². The number of nitrogens with one attached hydrogen (secondary N) is 1. The molecule has 0 fully saturated rings. The van der Waals surface area contributed by atoms with Gasteiger partial charge in [0.25, 0.3) is 0 Å². The van der Waals surface area contributed by atoms with Crippen LogP contribution in [0.4, 0.5) is 0 Å². The Morgan fingerprint density at radius 1 is 1.55 bits per heavy atom. The van der Waals surface area contributed by atoms with Gasteiger partial charge in [0.15, 0.2) is 5.16 Å². The molecule has 0 aliphatic heterocycles. The third-order valence-electron chi connectivity index (χ3n) is 2.36. The van der Waals surface area contributed by atoms with Gasteiger partial charge >= 0.3 is 5.97 Å². The van der Waals surface area contributed by atoms with Gasteiger partial charge in [-0.2, -0.15) is 0 Å². The Morgan fingerprint density at radius 3 is 2.65 bits per heavy atom. The van der Waals surface area contributed by atoms with Gasteiger partial charge in [0.1, 0.15) is 0 Å². The predicted octanol–water partition coefficient (Wildman–Crippen LogP) is 0.696. The van der Waals surface area contributed by atoms with Gasteiger partial charge in [-0.15, -0.1) is 0 Å². The number of thioether (sulfide) groups is 1. The van der Waals surface area contributed by atoms with Crippen LogP contribution in [-0.2, 0) is 21.4 Å². The first-order chi connectivity index (χ1) is 9.00. The molecular weight excluding hydrogens is 302 g/mol. The van der Waals surface area contributed by atoms with Gasteiger partial charge in [-0.3, -0.25) is 4.79 Å².